The molecule has 166 valence electrons. The molecule has 6 nitrogen and oxygen atoms in total. The lowest BCUT2D eigenvalue weighted by Crippen LogP contribution is -2.39. The zero-order valence-corrected chi connectivity index (χ0v) is 20.7. The second-order valence-electron chi connectivity index (χ2n) is 7.09. The van der Waals surface area contributed by atoms with E-state index < -0.39 is 0 Å². The standard InChI is InChI=1S/C21H30FN5OS.HI/c1-3-23-20(25-14-16(2)28-19-8-6-17(22)7-9-19)24-11-10-18-15-29-21(26-18)27-12-4-5-13-27;/h6-9,15-16H,3-5,10-14H2,1-2H3,(H2,23,24,25);1H. The molecule has 2 heterocycles. The first kappa shape index (κ1) is 24.6. The molecule has 9 heteroatoms. The first-order valence-corrected chi connectivity index (χ1v) is 11.2. The molecule has 0 radical (unpaired) electrons. The van der Waals surface area contributed by atoms with Crippen LogP contribution in [-0.2, 0) is 6.42 Å². The molecule has 1 unspecified atom stereocenters. The number of anilines is 1. The molecule has 0 spiro atoms. The minimum atomic E-state index is -0.269. The maximum absolute atomic E-state index is 13.0. The molecule has 1 aromatic carbocycles. The summed E-state index contributed by atoms with van der Waals surface area (Å²) in [6.45, 7) is 8.30. The van der Waals surface area contributed by atoms with Gasteiger partial charge < -0.3 is 20.3 Å². The Morgan fingerprint density at radius 3 is 2.70 bits per heavy atom. The van der Waals surface area contributed by atoms with E-state index in [0.717, 1.165) is 49.4 Å². The molecule has 30 heavy (non-hydrogen) atoms. The number of nitrogens with zero attached hydrogens (tertiary/aromatic N) is 3. The van der Waals surface area contributed by atoms with Crippen LogP contribution in [0.2, 0.25) is 0 Å². The normalized spacial score (nSPS) is 14.9. The van der Waals surface area contributed by atoms with Gasteiger partial charge in [-0.15, -0.1) is 35.3 Å². The van der Waals surface area contributed by atoms with Gasteiger partial charge in [0.25, 0.3) is 0 Å². The average molecular weight is 547 g/mol. The Kier molecular flexibility index (Phi) is 10.6. The predicted octanol–water partition coefficient (Wildman–Crippen LogP) is 4.07. The molecule has 0 amide bonds. The summed E-state index contributed by atoms with van der Waals surface area (Å²) in [4.78, 5) is 11.7. The van der Waals surface area contributed by atoms with Crippen LogP contribution in [0.1, 0.15) is 32.4 Å². The SMILES string of the molecule is CCNC(=NCC(C)Oc1ccc(F)cc1)NCCc1csc(N2CCCC2)n1.I. The number of hydrogen-bond acceptors (Lipinski definition) is 5. The Morgan fingerprint density at radius 2 is 2.00 bits per heavy atom. The van der Waals surface area contributed by atoms with Crippen molar-refractivity contribution >= 4 is 46.4 Å². The van der Waals surface area contributed by atoms with Crippen LogP contribution in [0.15, 0.2) is 34.6 Å². The Balaban J connectivity index is 0.00000320. The molecule has 0 bridgehead atoms. The van der Waals surface area contributed by atoms with Crippen LogP contribution in [0, 0.1) is 5.82 Å². The molecule has 0 saturated carbocycles. The highest BCUT2D eigenvalue weighted by molar-refractivity contribution is 14.0. The number of aromatic nitrogens is 1. The van der Waals surface area contributed by atoms with E-state index in [2.05, 4.69) is 25.9 Å². The van der Waals surface area contributed by atoms with E-state index >= 15 is 0 Å². The molecule has 1 fully saturated rings. The molecule has 3 rings (SSSR count). The van der Waals surface area contributed by atoms with E-state index in [1.165, 1.54) is 25.0 Å². The Morgan fingerprint density at radius 1 is 1.27 bits per heavy atom. The van der Waals surface area contributed by atoms with Crippen LogP contribution in [0.5, 0.6) is 5.75 Å². The van der Waals surface area contributed by atoms with Crippen molar-refractivity contribution in [2.45, 2.75) is 39.2 Å². The Labute approximate surface area is 199 Å². The number of guanidine groups is 1. The molecule has 2 N–H and O–H groups in total. The second-order valence-corrected chi connectivity index (χ2v) is 7.93. The van der Waals surface area contributed by atoms with Gasteiger partial charge in [-0.25, -0.2) is 14.4 Å². The molecule has 2 aromatic rings. The van der Waals surface area contributed by atoms with E-state index in [9.17, 15) is 4.39 Å². The lowest BCUT2D eigenvalue weighted by molar-refractivity contribution is 0.230. The maximum atomic E-state index is 13.0. The van der Waals surface area contributed by atoms with Gasteiger partial charge in [0.2, 0.25) is 0 Å². The van der Waals surface area contributed by atoms with Crippen LogP contribution in [0.25, 0.3) is 0 Å². The zero-order valence-electron chi connectivity index (χ0n) is 17.6. The van der Waals surface area contributed by atoms with Crippen LogP contribution in [0.4, 0.5) is 9.52 Å². The number of aliphatic imine (C=N–C) groups is 1. The van der Waals surface area contributed by atoms with Gasteiger partial charge in [-0.2, -0.15) is 0 Å². The molecular formula is C21H31FIN5OS. The predicted molar refractivity (Wildman–Crippen MR) is 133 cm³/mol. The van der Waals surface area contributed by atoms with Gasteiger partial charge in [-0.3, -0.25) is 0 Å². The molecule has 1 saturated heterocycles. The third-order valence-electron chi connectivity index (χ3n) is 4.59. The minimum absolute atomic E-state index is 0. The number of thiazole rings is 1. The summed E-state index contributed by atoms with van der Waals surface area (Å²) >= 11 is 1.73. The summed E-state index contributed by atoms with van der Waals surface area (Å²) in [6.07, 6.45) is 3.28. The summed E-state index contributed by atoms with van der Waals surface area (Å²) < 4.78 is 18.8. The van der Waals surface area contributed by atoms with Crippen LogP contribution >= 0.6 is 35.3 Å². The monoisotopic (exact) mass is 547 g/mol. The largest absolute Gasteiger partial charge is 0.489 e. The smallest absolute Gasteiger partial charge is 0.191 e. The van der Waals surface area contributed by atoms with E-state index in [1.54, 1.807) is 23.5 Å². The van der Waals surface area contributed by atoms with Crippen molar-refractivity contribution in [3.63, 3.8) is 0 Å². The average Bonchev–Trinajstić information content (AvgIpc) is 3.39. The highest BCUT2D eigenvalue weighted by Gasteiger charge is 2.15. The zero-order chi connectivity index (χ0) is 20.5. The highest BCUT2D eigenvalue weighted by Crippen LogP contribution is 2.24. The van der Waals surface area contributed by atoms with Gasteiger partial charge in [0.1, 0.15) is 17.7 Å². The third kappa shape index (κ3) is 7.90. The summed E-state index contributed by atoms with van der Waals surface area (Å²) in [5, 5.41) is 9.91. The number of hydrogen-bond donors (Lipinski definition) is 2. The topological polar surface area (TPSA) is 61.8 Å². The lowest BCUT2D eigenvalue weighted by Gasteiger charge is -2.15. The van der Waals surface area contributed by atoms with Crippen LogP contribution < -0.4 is 20.3 Å². The van der Waals surface area contributed by atoms with E-state index in [-0.39, 0.29) is 35.9 Å². The number of benzene rings is 1. The molecule has 1 aliphatic rings. The minimum Gasteiger partial charge on any atom is -0.489 e. The second kappa shape index (κ2) is 12.9. The van der Waals surface area contributed by atoms with Crippen LogP contribution in [-0.4, -0.2) is 49.8 Å². The first-order chi connectivity index (χ1) is 14.1. The molecular weight excluding hydrogens is 516 g/mol. The summed E-state index contributed by atoms with van der Waals surface area (Å²) in [6, 6.07) is 6.04. The molecule has 1 aromatic heterocycles. The Bertz CT molecular complexity index is 780. The fourth-order valence-corrected chi connectivity index (χ4v) is 4.03. The van der Waals surface area contributed by atoms with Gasteiger partial charge in [-0.05, 0) is 51.0 Å². The molecule has 1 aliphatic heterocycles. The number of nitrogens with one attached hydrogen (secondary N) is 2. The highest BCUT2D eigenvalue weighted by atomic mass is 127. The first-order valence-electron chi connectivity index (χ1n) is 10.3. The fraction of sp³-hybridized carbons (Fsp3) is 0.524. The third-order valence-corrected chi connectivity index (χ3v) is 5.54. The van der Waals surface area contributed by atoms with Crippen molar-refractivity contribution in [2.75, 3.05) is 37.6 Å². The fourth-order valence-electron chi connectivity index (χ4n) is 3.12. The quantitative estimate of drug-likeness (QED) is 0.282. The van der Waals surface area contributed by atoms with Gasteiger partial charge in [0.05, 0.1) is 12.2 Å². The number of halogens is 2. The van der Waals surface area contributed by atoms with Crippen molar-refractivity contribution < 1.29 is 9.13 Å². The van der Waals surface area contributed by atoms with E-state index in [1.807, 2.05) is 13.8 Å². The summed E-state index contributed by atoms with van der Waals surface area (Å²) in [7, 11) is 0. The lowest BCUT2D eigenvalue weighted by atomic mass is 10.3. The number of ether oxygens (including phenoxy) is 1. The van der Waals surface area contributed by atoms with Crippen molar-refractivity contribution in [3.8, 4) is 5.75 Å². The van der Waals surface area contributed by atoms with Crippen molar-refractivity contribution in [3.05, 3.63) is 41.2 Å². The van der Waals surface area contributed by atoms with Gasteiger partial charge in [0.15, 0.2) is 11.1 Å². The number of rotatable bonds is 9. The van der Waals surface area contributed by atoms with E-state index in [0.29, 0.717) is 12.3 Å². The van der Waals surface area contributed by atoms with Gasteiger partial charge >= 0.3 is 0 Å². The Hall–Kier alpha value is -1.62. The van der Waals surface area contributed by atoms with Crippen molar-refractivity contribution in [1.29, 1.82) is 0 Å². The molecule has 0 aliphatic carbocycles. The van der Waals surface area contributed by atoms with Crippen LogP contribution in [0.3, 0.4) is 0 Å². The van der Waals surface area contributed by atoms with E-state index in [4.69, 9.17) is 9.72 Å². The van der Waals surface area contributed by atoms with Gasteiger partial charge in [-0.1, -0.05) is 0 Å². The van der Waals surface area contributed by atoms with Gasteiger partial charge in [0, 0.05) is 38.0 Å². The summed E-state index contributed by atoms with van der Waals surface area (Å²) in [5.41, 5.74) is 1.12. The maximum Gasteiger partial charge on any atom is 0.191 e. The van der Waals surface area contributed by atoms with Crippen molar-refractivity contribution in [1.82, 2.24) is 15.6 Å². The summed E-state index contributed by atoms with van der Waals surface area (Å²) in [5.74, 6) is 1.13. The molecule has 1 atom stereocenters. The van der Waals surface area contributed by atoms with Crippen molar-refractivity contribution in [2.24, 2.45) is 4.99 Å².